The third kappa shape index (κ3) is 4.11. The summed E-state index contributed by atoms with van der Waals surface area (Å²) in [7, 11) is 0. The standard InChI is InChI=1S/C44H32N2/c1-2-30-16-18-32(19-17-30)34-22-26-36(27-23-34)46-40-15-9-7-13-38(40)44-42(46)29-28-41-43(44)37-12-6-8-14-39(37)45(41)35-24-20-33(21-25-35)31-10-4-3-5-11-31/h3-29H,2H2,1H3. The maximum Gasteiger partial charge on any atom is 0.0548 e. The molecule has 0 aliphatic heterocycles. The van der Waals surface area contributed by atoms with E-state index in [0.717, 1.165) is 12.1 Å². The molecule has 0 radical (unpaired) electrons. The van der Waals surface area contributed by atoms with Gasteiger partial charge < -0.3 is 9.13 Å². The van der Waals surface area contributed by atoms with Crippen molar-refractivity contribution in [3.63, 3.8) is 0 Å². The van der Waals surface area contributed by atoms with Crippen molar-refractivity contribution in [1.29, 1.82) is 0 Å². The number of hydrogen-bond donors (Lipinski definition) is 0. The number of aryl methyl sites for hydroxylation is 1. The van der Waals surface area contributed by atoms with Crippen LogP contribution in [0.2, 0.25) is 0 Å². The van der Waals surface area contributed by atoms with Crippen LogP contribution in [0.4, 0.5) is 0 Å². The summed E-state index contributed by atoms with van der Waals surface area (Å²) < 4.78 is 4.85. The molecule has 0 unspecified atom stereocenters. The number of rotatable bonds is 5. The first-order valence-corrected chi connectivity index (χ1v) is 16.1. The van der Waals surface area contributed by atoms with Crippen molar-refractivity contribution < 1.29 is 0 Å². The van der Waals surface area contributed by atoms with Crippen molar-refractivity contribution in [3.05, 3.63) is 169 Å². The van der Waals surface area contributed by atoms with Gasteiger partial charge in [0, 0.05) is 32.9 Å². The highest BCUT2D eigenvalue weighted by Gasteiger charge is 2.20. The first-order chi connectivity index (χ1) is 22.8. The van der Waals surface area contributed by atoms with Gasteiger partial charge in [0.05, 0.1) is 22.1 Å². The summed E-state index contributed by atoms with van der Waals surface area (Å²) >= 11 is 0. The van der Waals surface area contributed by atoms with Crippen LogP contribution in [0.1, 0.15) is 12.5 Å². The van der Waals surface area contributed by atoms with E-state index in [4.69, 9.17) is 0 Å². The normalized spacial score (nSPS) is 11.7. The van der Waals surface area contributed by atoms with Crippen LogP contribution >= 0.6 is 0 Å². The molecule has 0 fully saturated rings. The van der Waals surface area contributed by atoms with E-state index < -0.39 is 0 Å². The van der Waals surface area contributed by atoms with Crippen LogP contribution in [0.5, 0.6) is 0 Å². The largest absolute Gasteiger partial charge is 0.309 e. The monoisotopic (exact) mass is 588 g/mol. The summed E-state index contributed by atoms with van der Waals surface area (Å²) in [5.41, 5.74) is 13.5. The molecule has 218 valence electrons. The van der Waals surface area contributed by atoms with Gasteiger partial charge in [-0.1, -0.05) is 122 Å². The quantitative estimate of drug-likeness (QED) is 0.189. The predicted octanol–water partition coefficient (Wildman–Crippen LogP) is 11.8. The van der Waals surface area contributed by atoms with Crippen LogP contribution in [-0.2, 0) is 6.42 Å². The van der Waals surface area contributed by atoms with Gasteiger partial charge in [-0.25, -0.2) is 0 Å². The highest BCUT2D eigenvalue weighted by Crippen LogP contribution is 2.42. The van der Waals surface area contributed by atoms with E-state index in [9.17, 15) is 0 Å². The maximum absolute atomic E-state index is 2.43. The van der Waals surface area contributed by atoms with Crippen molar-refractivity contribution in [2.45, 2.75) is 13.3 Å². The highest BCUT2D eigenvalue weighted by molar-refractivity contribution is 6.28. The molecule has 2 heterocycles. The number of fused-ring (bicyclic) bond motifs is 7. The molecule has 0 aliphatic carbocycles. The van der Waals surface area contributed by atoms with Crippen molar-refractivity contribution in [2.24, 2.45) is 0 Å². The van der Waals surface area contributed by atoms with Crippen LogP contribution in [0.25, 0.3) is 77.2 Å². The molecule has 9 aromatic rings. The average Bonchev–Trinajstić information content (AvgIpc) is 3.65. The summed E-state index contributed by atoms with van der Waals surface area (Å²) in [6, 6.07) is 59.8. The first kappa shape index (κ1) is 26.5. The molecule has 0 atom stereocenters. The minimum absolute atomic E-state index is 1.06. The van der Waals surface area contributed by atoms with E-state index >= 15 is 0 Å². The van der Waals surface area contributed by atoms with E-state index in [2.05, 4.69) is 180 Å². The lowest BCUT2D eigenvalue weighted by Gasteiger charge is -2.11. The lowest BCUT2D eigenvalue weighted by Crippen LogP contribution is -1.95. The van der Waals surface area contributed by atoms with E-state index in [1.165, 1.54) is 77.1 Å². The van der Waals surface area contributed by atoms with Gasteiger partial charge in [-0.15, -0.1) is 0 Å². The zero-order valence-electron chi connectivity index (χ0n) is 25.7. The molecular weight excluding hydrogens is 556 g/mol. The summed E-state index contributed by atoms with van der Waals surface area (Å²) in [4.78, 5) is 0. The highest BCUT2D eigenvalue weighted by atomic mass is 15.0. The zero-order valence-corrected chi connectivity index (χ0v) is 25.7. The van der Waals surface area contributed by atoms with Crippen molar-refractivity contribution in [2.75, 3.05) is 0 Å². The molecule has 7 aromatic carbocycles. The van der Waals surface area contributed by atoms with Crippen LogP contribution in [0.15, 0.2) is 164 Å². The zero-order chi connectivity index (χ0) is 30.6. The summed E-state index contributed by atoms with van der Waals surface area (Å²) in [6.07, 6.45) is 1.06. The molecule has 0 amide bonds. The van der Waals surface area contributed by atoms with Gasteiger partial charge in [0.25, 0.3) is 0 Å². The average molecular weight is 589 g/mol. The van der Waals surface area contributed by atoms with E-state index in [1.54, 1.807) is 0 Å². The maximum atomic E-state index is 2.43. The van der Waals surface area contributed by atoms with Crippen molar-refractivity contribution >= 4 is 43.6 Å². The second-order valence-corrected chi connectivity index (χ2v) is 12.1. The number of benzene rings is 7. The number of para-hydroxylation sites is 2. The van der Waals surface area contributed by atoms with E-state index in [1.807, 2.05) is 0 Å². The Morgan fingerprint density at radius 1 is 0.348 bits per heavy atom. The molecule has 0 spiro atoms. The SMILES string of the molecule is CCc1ccc(-c2ccc(-n3c4ccccc4c4c5c6ccccc6n(-c6ccc(-c7ccccc7)cc6)c5ccc43)cc2)cc1. The predicted molar refractivity (Wildman–Crippen MR) is 195 cm³/mol. The molecule has 0 bridgehead atoms. The van der Waals surface area contributed by atoms with Crippen molar-refractivity contribution in [1.82, 2.24) is 9.13 Å². The van der Waals surface area contributed by atoms with Gasteiger partial charge in [-0.3, -0.25) is 0 Å². The number of hydrogen-bond acceptors (Lipinski definition) is 0. The Balaban J connectivity index is 1.25. The van der Waals surface area contributed by atoms with Crippen LogP contribution in [0, 0.1) is 0 Å². The Morgan fingerprint density at radius 2 is 0.739 bits per heavy atom. The molecular formula is C44H32N2. The van der Waals surface area contributed by atoms with Gasteiger partial charge in [0.2, 0.25) is 0 Å². The molecule has 0 aliphatic rings. The third-order valence-electron chi connectivity index (χ3n) is 9.53. The summed E-state index contributed by atoms with van der Waals surface area (Å²) in [5.74, 6) is 0. The lowest BCUT2D eigenvalue weighted by molar-refractivity contribution is 1.14. The molecule has 0 saturated carbocycles. The van der Waals surface area contributed by atoms with E-state index in [-0.39, 0.29) is 0 Å². The molecule has 0 saturated heterocycles. The Morgan fingerprint density at radius 3 is 1.20 bits per heavy atom. The molecule has 46 heavy (non-hydrogen) atoms. The number of nitrogens with zero attached hydrogens (tertiary/aromatic N) is 2. The first-order valence-electron chi connectivity index (χ1n) is 16.1. The summed E-state index contributed by atoms with van der Waals surface area (Å²) in [5, 5.41) is 5.12. The Labute approximate surface area is 268 Å². The van der Waals surface area contributed by atoms with Crippen LogP contribution < -0.4 is 0 Å². The molecule has 9 rings (SSSR count). The second kappa shape index (κ2) is 10.6. The lowest BCUT2D eigenvalue weighted by atomic mass is 10.0. The van der Waals surface area contributed by atoms with Crippen LogP contribution in [-0.4, -0.2) is 9.13 Å². The second-order valence-electron chi connectivity index (χ2n) is 12.1. The Kier molecular flexibility index (Phi) is 6.14. The van der Waals surface area contributed by atoms with Gasteiger partial charge >= 0.3 is 0 Å². The molecule has 0 N–H and O–H groups in total. The fourth-order valence-corrected chi connectivity index (χ4v) is 7.24. The van der Waals surface area contributed by atoms with Gasteiger partial charge in [-0.2, -0.15) is 0 Å². The van der Waals surface area contributed by atoms with Gasteiger partial charge in [0.1, 0.15) is 0 Å². The molecule has 2 nitrogen and oxygen atoms in total. The minimum atomic E-state index is 1.06. The Hall–Kier alpha value is -5.86. The summed E-state index contributed by atoms with van der Waals surface area (Å²) in [6.45, 7) is 2.20. The van der Waals surface area contributed by atoms with E-state index in [0.29, 0.717) is 0 Å². The smallest absolute Gasteiger partial charge is 0.0548 e. The van der Waals surface area contributed by atoms with Crippen LogP contribution in [0.3, 0.4) is 0 Å². The fourth-order valence-electron chi connectivity index (χ4n) is 7.24. The van der Waals surface area contributed by atoms with Crippen molar-refractivity contribution in [3.8, 4) is 33.6 Å². The van der Waals surface area contributed by atoms with Gasteiger partial charge in [-0.05, 0) is 82.8 Å². The fraction of sp³-hybridized carbons (Fsp3) is 0.0455. The minimum Gasteiger partial charge on any atom is -0.309 e. The third-order valence-corrected chi connectivity index (χ3v) is 9.53. The molecule has 2 aromatic heterocycles. The topological polar surface area (TPSA) is 9.86 Å². The molecule has 2 heteroatoms. The van der Waals surface area contributed by atoms with Gasteiger partial charge in [0.15, 0.2) is 0 Å². The Bertz CT molecular complexity index is 2510. The number of aromatic nitrogens is 2.